The molecule has 0 spiro atoms. The SMILES string of the molecule is Cc1cn2nc(-c3cc(F)c4c(=O)n(C5CCB(C#N)CC5)ccc4c3)cc(C)c2n1. The number of benzene rings is 1. The van der Waals surface area contributed by atoms with Crippen LogP contribution in [0.25, 0.3) is 27.7 Å². The Bertz CT molecular complexity index is 1430. The van der Waals surface area contributed by atoms with E-state index in [0.717, 1.165) is 42.4 Å². The summed E-state index contributed by atoms with van der Waals surface area (Å²) >= 11 is 0. The van der Waals surface area contributed by atoms with Crippen LogP contribution >= 0.6 is 0 Å². The van der Waals surface area contributed by atoms with Crippen LogP contribution in [0.15, 0.2) is 41.5 Å². The fourth-order valence-electron chi connectivity index (χ4n) is 4.65. The largest absolute Gasteiger partial charge is 0.312 e. The highest BCUT2D eigenvalue weighted by Crippen LogP contribution is 2.30. The molecular formula is C23H21BFN5O. The van der Waals surface area contributed by atoms with Crippen molar-refractivity contribution in [2.45, 2.75) is 45.4 Å². The van der Waals surface area contributed by atoms with E-state index in [2.05, 4.69) is 16.1 Å². The van der Waals surface area contributed by atoms with Gasteiger partial charge in [-0.1, -0.05) is 12.6 Å². The third kappa shape index (κ3) is 3.30. The topological polar surface area (TPSA) is 76.0 Å². The maximum Gasteiger partial charge on any atom is 0.268 e. The Morgan fingerprint density at radius 2 is 2.00 bits per heavy atom. The Kier molecular flexibility index (Phi) is 4.62. The Morgan fingerprint density at radius 3 is 2.74 bits per heavy atom. The van der Waals surface area contributed by atoms with E-state index in [1.54, 1.807) is 21.3 Å². The molecule has 0 bridgehead atoms. The maximum atomic E-state index is 15.2. The van der Waals surface area contributed by atoms with E-state index in [1.807, 2.05) is 32.2 Å². The molecule has 3 aromatic heterocycles. The molecule has 0 N–H and O–H groups in total. The molecule has 1 saturated heterocycles. The fourth-order valence-corrected chi connectivity index (χ4v) is 4.65. The molecule has 1 fully saturated rings. The molecule has 5 rings (SSSR count). The molecule has 1 aromatic carbocycles. The number of nitriles is 1. The average molecular weight is 413 g/mol. The molecule has 0 atom stereocenters. The zero-order valence-electron chi connectivity index (χ0n) is 17.5. The minimum Gasteiger partial charge on any atom is -0.312 e. The molecule has 31 heavy (non-hydrogen) atoms. The number of pyridine rings is 1. The molecule has 154 valence electrons. The molecule has 0 unspecified atom stereocenters. The second-order valence-corrected chi connectivity index (χ2v) is 8.45. The van der Waals surface area contributed by atoms with Crippen molar-refractivity contribution in [3.05, 3.63) is 64.1 Å². The lowest BCUT2D eigenvalue weighted by atomic mass is 9.42. The van der Waals surface area contributed by atoms with Crippen LogP contribution in [0.3, 0.4) is 0 Å². The third-order valence-electron chi connectivity index (χ3n) is 6.28. The van der Waals surface area contributed by atoms with E-state index in [0.29, 0.717) is 16.6 Å². The number of rotatable bonds is 2. The molecule has 4 heterocycles. The van der Waals surface area contributed by atoms with Crippen molar-refractivity contribution < 1.29 is 4.39 Å². The summed E-state index contributed by atoms with van der Waals surface area (Å²) in [6, 6.07) is 6.90. The van der Waals surface area contributed by atoms with Gasteiger partial charge in [0, 0.05) is 23.8 Å². The lowest BCUT2D eigenvalue weighted by molar-refractivity contribution is 0.444. The predicted octanol–water partition coefficient (Wildman–Crippen LogP) is 4.36. The van der Waals surface area contributed by atoms with E-state index in [-0.39, 0.29) is 23.7 Å². The molecule has 1 aliphatic rings. The Morgan fingerprint density at radius 1 is 1.23 bits per heavy atom. The van der Waals surface area contributed by atoms with Gasteiger partial charge >= 0.3 is 0 Å². The summed E-state index contributed by atoms with van der Waals surface area (Å²) < 4.78 is 18.5. The van der Waals surface area contributed by atoms with Crippen LogP contribution in [-0.2, 0) is 0 Å². The van der Waals surface area contributed by atoms with Crippen LogP contribution in [0.1, 0.15) is 30.1 Å². The number of fused-ring (bicyclic) bond motifs is 2. The van der Waals surface area contributed by atoms with E-state index in [1.165, 1.54) is 6.07 Å². The first-order chi connectivity index (χ1) is 14.9. The summed E-state index contributed by atoms with van der Waals surface area (Å²) in [5.41, 5.74) is 3.52. The summed E-state index contributed by atoms with van der Waals surface area (Å²) in [6.07, 6.45) is 6.66. The number of halogens is 1. The van der Waals surface area contributed by atoms with Gasteiger partial charge in [0.25, 0.3) is 12.3 Å². The molecule has 4 aromatic rings. The van der Waals surface area contributed by atoms with Gasteiger partial charge in [-0.25, -0.2) is 19.2 Å². The molecular weight excluding hydrogens is 392 g/mol. The number of aryl methyl sites for hydroxylation is 2. The highest BCUT2D eigenvalue weighted by atomic mass is 19.1. The first kappa shape index (κ1) is 19.5. The van der Waals surface area contributed by atoms with E-state index in [4.69, 9.17) is 5.26 Å². The van der Waals surface area contributed by atoms with Crippen LogP contribution in [0, 0.1) is 30.9 Å². The highest BCUT2D eigenvalue weighted by Gasteiger charge is 2.26. The zero-order valence-corrected chi connectivity index (χ0v) is 17.5. The lowest BCUT2D eigenvalue weighted by Gasteiger charge is -2.25. The maximum absolute atomic E-state index is 15.2. The van der Waals surface area contributed by atoms with Gasteiger partial charge in [0.1, 0.15) is 5.82 Å². The number of imidazole rings is 1. The Hall–Kier alpha value is -3.47. The van der Waals surface area contributed by atoms with Crippen LogP contribution in [0.2, 0.25) is 12.6 Å². The standard InChI is InChI=1S/C23H21BFN5O/c1-14-9-20(28-30-12-15(2)27-22(14)30)17-10-16-5-8-29(23(31)21(16)19(25)11-17)18-3-6-24(13-26)7-4-18/h5,8-12,18H,3-4,6-7H2,1-2H3. The summed E-state index contributed by atoms with van der Waals surface area (Å²) in [5, 5.41) is 14.3. The second kappa shape index (κ2) is 7.34. The smallest absolute Gasteiger partial charge is 0.268 e. The van der Waals surface area contributed by atoms with Gasteiger partial charge in [-0.05, 0) is 61.9 Å². The summed E-state index contributed by atoms with van der Waals surface area (Å²) in [6.45, 7) is 3.91. The van der Waals surface area contributed by atoms with Crippen molar-refractivity contribution >= 4 is 23.1 Å². The predicted molar refractivity (Wildman–Crippen MR) is 119 cm³/mol. The van der Waals surface area contributed by atoms with Gasteiger partial charge in [0.05, 0.1) is 23.0 Å². The first-order valence-corrected chi connectivity index (χ1v) is 10.5. The molecule has 1 aliphatic heterocycles. The van der Waals surface area contributed by atoms with Crippen molar-refractivity contribution in [3.63, 3.8) is 0 Å². The number of hydrogen-bond acceptors (Lipinski definition) is 4. The van der Waals surface area contributed by atoms with Crippen molar-refractivity contribution in [1.82, 2.24) is 19.2 Å². The van der Waals surface area contributed by atoms with E-state index in [9.17, 15) is 4.79 Å². The number of nitrogens with zero attached hydrogens (tertiary/aromatic N) is 5. The van der Waals surface area contributed by atoms with Crippen molar-refractivity contribution in [1.29, 1.82) is 5.26 Å². The molecule has 8 heteroatoms. The second-order valence-electron chi connectivity index (χ2n) is 8.45. The van der Waals surface area contributed by atoms with Crippen LogP contribution in [0.4, 0.5) is 4.39 Å². The van der Waals surface area contributed by atoms with E-state index >= 15 is 4.39 Å². The number of aromatic nitrogens is 4. The van der Waals surface area contributed by atoms with Crippen LogP contribution in [-0.4, -0.2) is 25.9 Å². The minimum absolute atomic E-state index is 0.0109. The summed E-state index contributed by atoms with van der Waals surface area (Å²) in [7, 11) is 0. The monoisotopic (exact) mass is 413 g/mol. The van der Waals surface area contributed by atoms with Gasteiger partial charge in [-0.15, -0.1) is 0 Å². The normalized spacial score (nSPS) is 15.0. The number of hydrogen-bond donors (Lipinski definition) is 0. The van der Waals surface area contributed by atoms with Gasteiger partial charge < -0.3 is 4.57 Å². The third-order valence-corrected chi connectivity index (χ3v) is 6.28. The van der Waals surface area contributed by atoms with Gasteiger partial charge in [-0.2, -0.15) is 5.10 Å². The summed E-state index contributed by atoms with van der Waals surface area (Å²) in [4.78, 5) is 17.6. The molecule has 6 nitrogen and oxygen atoms in total. The quantitative estimate of drug-likeness (QED) is 0.458. The van der Waals surface area contributed by atoms with Crippen LogP contribution in [0.5, 0.6) is 0 Å². The fraction of sp³-hybridized carbons (Fsp3) is 0.304. The van der Waals surface area contributed by atoms with Crippen molar-refractivity contribution in [2.24, 2.45) is 0 Å². The van der Waals surface area contributed by atoms with Gasteiger partial charge in [-0.3, -0.25) is 4.79 Å². The van der Waals surface area contributed by atoms with Crippen LogP contribution < -0.4 is 5.56 Å². The van der Waals surface area contributed by atoms with Crippen molar-refractivity contribution in [3.8, 4) is 17.2 Å². The van der Waals surface area contributed by atoms with Crippen molar-refractivity contribution in [2.75, 3.05) is 0 Å². The Balaban J connectivity index is 1.58. The van der Waals surface area contributed by atoms with E-state index < -0.39 is 5.82 Å². The zero-order chi connectivity index (χ0) is 21.7. The minimum atomic E-state index is -0.543. The summed E-state index contributed by atoms with van der Waals surface area (Å²) in [5.74, 6) is 1.77. The average Bonchev–Trinajstić information content (AvgIpc) is 3.14. The lowest BCUT2D eigenvalue weighted by Crippen LogP contribution is -2.29. The molecule has 0 radical (unpaired) electrons. The molecule has 0 saturated carbocycles. The van der Waals surface area contributed by atoms with Gasteiger partial charge in [0.15, 0.2) is 5.65 Å². The highest BCUT2D eigenvalue weighted by molar-refractivity contribution is 6.67. The molecule has 0 aliphatic carbocycles. The molecule has 0 amide bonds. The van der Waals surface area contributed by atoms with Gasteiger partial charge in [0.2, 0.25) is 0 Å². The Labute approximate surface area is 179 Å². The first-order valence-electron chi connectivity index (χ1n) is 10.5.